The Labute approximate surface area is 233 Å². The lowest BCUT2D eigenvalue weighted by molar-refractivity contribution is -0.249. The van der Waals surface area contributed by atoms with Gasteiger partial charge in [-0.15, -0.1) is 0 Å². The number of aliphatic hydroxyl groups is 2. The van der Waals surface area contributed by atoms with Crippen LogP contribution in [0.5, 0.6) is 17.2 Å². The van der Waals surface area contributed by atoms with E-state index < -0.39 is 95.2 Å². The second-order valence-electron chi connectivity index (χ2n) is 10.5. The van der Waals surface area contributed by atoms with Crippen LogP contribution in [0.2, 0.25) is 0 Å². The van der Waals surface area contributed by atoms with Crippen molar-refractivity contribution < 1.29 is 58.9 Å². The minimum absolute atomic E-state index is 0.0536. The van der Waals surface area contributed by atoms with E-state index in [1.807, 2.05) is 0 Å². The van der Waals surface area contributed by atoms with Crippen molar-refractivity contribution in [3.63, 3.8) is 0 Å². The van der Waals surface area contributed by atoms with Crippen molar-refractivity contribution in [1.82, 2.24) is 5.32 Å². The fraction of sp³-hybridized carbons (Fsp3) is 0.429. The van der Waals surface area contributed by atoms with E-state index in [-0.39, 0.29) is 34.4 Å². The molecule has 0 aromatic heterocycles. The van der Waals surface area contributed by atoms with E-state index in [1.165, 1.54) is 32.2 Å². The predicted octanol–water partition coefficient (Wildman–Crippen LogP) is 1.34. The second kappa shape index (κ2) is 10.1. The molecule has 2 aromatic rings. The summed E-state index contributed by atoms with van der Waals surface area (Å²) >= 11 is 0. The quantitative estimate of drug-likeness (QED) is 0.240. The van der Waals surface area contributed by atoms with Gasteiger partial charge in [0.15, 0.2) is 17.9 Å². The number of phenols is 2. The van der Waals surface area contributed by atoms with Gasteiger partial charge in [0.05, 0.1) is 42.0 Å². The summed E-state index contributed by atoms with van der Waals surface area (Å²) in [5.74, 6) is -3.51. The zero-order valence-corrected chi connectivity index (χ0v) is 22.3. The van der Waals surface area contributed by atoms with E-state index in [9.17, 15) is 39.6 Å². The number of hydrogen-bond donors (Lipinski definition) is 6. The number of carbonyl (C=O) groups is 4. The fourth-order valence-electron chi connectivity index (χ4n) is 5.93. The SMILES string of the molecule is COc1cccc2c1C(=O)c1c(O)c3c(c(O)c1C2=O)C[C@@](O)(C(C)=O)C[C@@H]3OC1CC(NC(=O)O)C(O)C(C)O1. The van der Waals surface area contributed by atoms with Crippen LogP contribution in [0.25, 0.3) is 0 Å². The molecular formula is C28H29NO12. The van der Waals surface area contributed by atoms with Crippen LogP contribution in [0.1, 0.15) is 75.8 Å². The number of amides is 1. The number of phenolic OH excluding ortho intramolecular Hbond substituents is 2. The van der Waals surface area contributed by atoms with E-state index in [1.54, 1.807) is 0 Å². The number of nitrogens with one attached hydrogen (secondary N) is 1. The fourth-order valence-corrected chi connectivity index (χ4v) is 5.93. The number of hydrogen-bond acceptors (Lipinski definition) is 11. The molecule has 6 N–H and O–H groups in total. The number of fused-ring (bicyclic) bond motifs is 3. The number of methoxy groups -OCH3 is 1. The number of ether oxygens (including phenoxy) is 3. The van der Waals surface area contributed by atoms with Crippen LogP contribution in [0.3, 0.4) is 0 Å². The maximum Gasteiger partial charge on any atom is 0.404 e. The summed E-state index contributed by atoms with van der Waals surface area (Å²) in [5, 5.41) is 55.9. The molecule has 0 spiro atoms. The van der Waals surface area contributed by atoms with E-state index in [0.717, 1.165) is 6.92 Å². The molecule has 0 saturated carbocycles. The molecule has 13 nitrogen and oxygen atoms in total. The Kier molecular flexibility index (Phi) is 7.02. The molecule has 1 aliphatic heterocycles. The van der Waals surface area contributed by atoms with Gasteiger partial charge in [-0.05, 0) is 19.9 Å². The highest BCUT2D eigenvalue weighted by atomic mass is 16.7. The molecule has 0 radical (unpaired) electrons. The Morgan fingerprint density at radius 1 is 1.10 bits per heavy atom. The predicted molar refractivity (Wildman–Crippen MR) is 137 cm³/mol. The van der Waals surface area contributed by atoms with Gasteiger partial charge in [-0.3, -0.25) is 14.4 Å². The van der Waals surface area contributed by atoms with E-state index >= 15 is 0 Å². The summed E-state index contributed by atoms with van der Waals surface area (Å²) in [4.78, 5) is 51.0. The third kappa shape index (κ3) is 4.50. The molecule has 4 unspecified atom stereocenters. The van der Waals surface area contributed by atoms with Crippen molar-refractivity contribution in [2.45, 2.75) is 69.4 Å². The summed E-state index contributed by atoms with van der Waals surface area (Å²) < 4.78 is 17.0. The summed E-state index contributed by atoms with van der Waals surface area (Å²) in [7, 11) is 1.31. The standard InChI is InChI=1S/C28H29NO12/c1-10-22(31)14(29-27(36)37)7-17(40-10)41-16-9-28(38,11(2)30)8-13-19(16)26(35)21-20(24(13)33)23(32)12-5-4-6-15(39-3)18(12)25(21)34/h4-6,10,14,16-17,22,29,31,33,35,38H,7-9H2,1-3H3,(H,36,37)/t10?,14?,16-,17?,22?,28-/m0/s1. The summed E-state index contributed by atoms with van der Waals surface area (Å²) in [5.41, 5.74) is -3.49. The second-order valence-corrected chi connectivity index (χ2v) is 10.5. The normalized spacial score (nSPS) is 28.8. The molecule has 3 aliphatic rings. The first-order chi connectivity index (χ1) is 19.3. The first-order valence-electron chi connectivity index (χ1n) is 12.9. The maximum absolute atomic E-state index is 13.7. The Morgan fingerprint density at radius 2 is 1.78 bits per heavy atom. The van der Waals surface area contributed by atoms with Crippen molar-refractivity contribution >= 4 is 23.4 Å². The average Bonchev–Trinajstić information content (AvgIpc) is 2.91. The largest absolute Gasteiger partial charge is 0.507 e. The summed E-state index contributed by atoms with van der Waals surface area (Å²) in [6.45, 7) is 2.63. The molecule has 2 aromatic carbocycles. The summed E-state index contributed by atoms with van der Waals surface area (Å²) in [6, 6.07) is 3.35. The molecule has 1 saturated heterocycles. The highest BCUT2D eigenvalue weighted by Gasteiger charge is 2.49. The van der Waals surface area contributed by atoms with Gasteiger partial charge in [0.25, 0.3) is 0 Å². The minimum atomic E-state index is -2.09. The molecule has 5 rings (SSSR count). The maximum atomic E-state index is 13.7. The van der Waals surface area contributed by atoms with Gasteiger partial charge in [-0.25, -0.2) is 4.79 Å². The molecule has 6 atom stereocenters. The number of benzene rings is 2. The van der Waals surface area contributed by atoms with E-state index in [0.29, 0.717) is 0 Å². The first-order valence-corrected chi connectivity index (χ1v) is 12.9. The topological polar surface area (TPSA) is 209 Å². The highest BCUT2D eigenvalue weighted by Crippen LogP contribution is 2.52. The molecule has 41 heavy (non-hydrogen) atoms. The van der Waals surface area contributed by atoms with Crippen molar-refractivity contribution in [2.24, 2.45) is 0 Å². The Hall–Kier alpha value is -4.04. The van der Waals surface area contributed by atoms with Crippen molar-refractivity contribution in [3.05, 3.63) is 51.6 Å². The van der Waals surface area contributed by atoms with Crippen molar-refractivity contribution in [2.75, 3.05) is 7.11 Å². The molecule has 13 heteroatoms. The third-order valence-corrected chi connectivity index (χ3v) is 8.06. The molecular weight excluding hydrogens is 542 g/mol. The first kappa shape index (κ1) is 28.5. The lowest BCUT2D eigenvalue weighted by Gasteiger charge is -2.42. The van der Waals surface area contributed by atoms with Gasteiger partial charge >= 0.3 is 6.09 Å². The van der Waals surface area contributed by atoms with Gasteiger partial charge < -0.3 is 45.1 Å². The zero-order valence-electron chi connectivity index (χ0n) is 22.3. The van der Waals surface area contributed by atoms with Gasteiger partial charge in [0.1, 0.15) is 29.0 Å². The molecule has 1 heterocycles. The van der Waals surface area contributed by atoms with Crippen LogP contribution in [0.4, 0.5) is 4.79 Å². The molecule has 218 valence electrons. The van der Waals surface area contributed by atoms with E-state index in [2.05, 4.69) is 5.32 Å². The zero-order chi connectivity index (χ0) is 30.0. The van der Waals surface area contributed by atoms with Gasteiger partial charge in [0, 0.05) is 36.0 Å². The third-order valence-electron chi connectivity index (χ3n) is 8.06. The van der Waals surface area contributed by atoms with Crippen molar-refractivity contribution in [1.29, 1.82) is 0 Å². The molecule has 2 aliphatic carbocycles. The van der Waals surface area contributed by atoms with Crippen LogP contribution < -0.4 is 10.1 Å². The van der Waals surface area contributed by atoms with Crippen LogP contribution in [0, 0.1) is 0 Å². The van der Waals surface area contributed by atoms with Gasteiger partial charge in [-0.1, -0.05) is 12.1 Å². The Balaban J connectivity index is 1.64. The Bertz CT molecular complexity index is 1490. The van der Waals surface area contributed by atoms with Crippen LogP contribution >= 0.6 is 0 Å². The number of rotatable bonds is 5. The van der Waals surface area contributed by atoms with Crippen LogP contribution in [-0.2, 0) is 20.7 Å². The number of aliphatic hydroxyl groups excluding tert-OH is 1. The number of carboxylic acid groups (broad SMARTS) is 1. The number of ketones is 3. The molecule has 1 amide bonds. The van der Waals surface area contributed by atoms with Gasteiger partial charge in [0.2, 0.25) is 5.78 Å². The number of aromatic hydroxyl groups is 2. The molecule has 0 bridgehead atoms. The molecule has 1 fully saturated rings. The average molecular weight is 572 g/mol. The number of Topliss-reactive ketones (excluding diaryl/α,β-unsaturated/α-hetero) is 1. The van der Waals surface area contributed by atoms with Gasteiger partial charge in [-0.2, -0.15) is 0 Å². The highest BCUT2D eigenvalue weighted by molar-refractivity contribution is 6.31. The smallest absolute Gasteiger partial charge is 0.404 e. The monoisotopic (exact) mass is 571 g/mol. The summed E-state index contributed by atoms with van der Waals surface area (Å²) in [6.07, 6.45) is -7.13. The number of carbonyl (C=O) groups excluding carboxylic acids is 3. The van der Waals surface area contributed by atoms with E-state index in [4.69, 9.17) is 19.3 Å². The minimum Gasteiger partial charge on any atom is -0.507 e. The Morgan fingerprint density at radius 3 is 2.41 bits per heavy atom. The lowest BCUT2D eigenvalue weighted by Crippen LogP contribution is -2.55. The van der Waals surface area contributed by atoms with Crippen LogP contribution in [0.15, 0.2) is 18.2 Å². The van der Waals surface area contributed by atoms with Crippen LogP contribution in [-0.4, -0.2) is 86.2 Å². The van der Waals surface area contributed by atoms with Crippen molar-refractivity contribution in [3.8, 4) is 17.2 Å². The lowest BCUT2D eigenvalue weighted by atomic mass is 9.72.